The predicted molar refractivity (Wildman–Crippen MR) is 133 cm³/mol. The summed E-state index contributed by atoms with van der Waals surface area (Å²) in [4.78, 5) is 30.7. The van der Waals surface area contributed by atoms with Gasteiger partial charge in [-0.15, -0.1) is 0 Å². The highest BCUT2D eigenvalue weighted by atomic mass is 32.1. The van der Waals surface area contributed by atoms with Gasteiger partial charge in [-0.05, 0) is 29.3 Å². The Labute approximate surface area is 198 Å². The van der Waals surface area contributed by atoms with Gasteiger partial charge in [0.2, 0.25) is 0 Å². The molecule has 2 aromatic heterocycles. The molecule has 34 heavy (non-hydrogen) atoms. The molecule has 0 aliphatic carbocycles. The van der Waals surface area contributed by atoms with Crippen LogP contribution in [0.4, 0.5) is 0 Å². The van der Waals surface area contributed by atoms with Crippen LogP contribution in [0.25, 0.3) is 32.0 Å². The first-order valence-electron chi connectivity index (χ1n) is 10.8. The molecule has 0 saturated heterocycles. The Balaban J connectivity index is 1.70. The topological polar surface area (TPSA) is 83.0 Å². The van der Waals surface area contributed by atoms with Crippen LogP contribution in [0, 0.1) is 0 Å². The molecule has 0 atom stereocenters. The Morgan fingerprint density at radius 1 is 1.03 bits per heavy atom. The first-order valence-corrected chi connectivity index (χ1v) is 11.7. The molecule has 0 aliphatic rings. The van der Waals surface area contributed by atoms with E-state index in [4.69, 9.17) is 13.9 Å². The Kier molecular flexibility index (Phi) is 5.67. The third kappa shape index (κ3) is 3.66. The second-order valence-corrected chi connectivity index (χ2v) is 8.78. The third-order valence-corrected chi connectivity index (χ3v) is 6.75. The third-order valence-electron chi connectivity index (χ3n) is 5.70. The van der Waals surface area contributed by atoms with Crippen LogP contribution >= 0.6 is 11.3 Å². The fourth-order valence-electron chi connectivity index (χ4n) is 4.09. The molecule has 5 aromatic rings. The van der Waals surface area contributed by atoms with Gasteiger partial charge in [0.25, 0.3) is 5.91 Å². The van der Waals surface area contributed by atoms with Crippen LogP contribution in [0.3, 0.4) is 0 Å². The highest BCUT2D eigenvalue weighted by Gasteiger charge is 2.17. The number of nitrogens with zero attached hydrogens (tertiary/aromatic N) is 2. The highest BCUT2D eigenvalue weighted by Crippen LogP contribution is 2.33. The molecule has 0 aliphatic heterocycles. The van der Waals surface area contributed by atoms with Gasteiger partial charge in [-0.2, -0.15) is 4.99 Å². The molecule has 0 spiro atoms. The van der Waals surface area contributed by atoms with E-state index in [2.05, 4.69) is 4.99 Å². The molecule has 0 saturated carbocycles. The van der Waals surface area contributed by atoms with Gasteiger partial charge in [0.15, 0.2) is 16.3 Å². The zero-order valence-corrected chi connectivity index (χ0v) is 19.8. The van der Waals surface area contributed by atoms with E-state index in [0.717, 1.165) is 27.4 Å². The average Bonchev–Trinajstić information content (AvgIpc) is 3.18. The van der Waals surface area contributed by atoms with Crippen molar-refractivity contribution in [3.8, 4) is 11.5 Å². The van der Waals surface area contributed by atoms with E-state index in [9.17, 15) is 9.59 Å². The lowest BCUT2D eigenvalue weighted by Gasteiger charge is -2.08. The number of thiazole rings is 1. The minimum atomic E-state index is -0.706. The number of aromatic nitrogens is 1. The zero-order chi connectivity index (χ0) is 23.8. The maximum absolute atomic E-state index is 13.2. The number of amides is 1. The summed E-state index contributed by atoms with van der Waals surface area (Å²) in [5, 5.41) is 2.59. The van der Waals surface area contributed by atoms with Crippen LogP contribution in [-0.2, 0) is 6.54 Å². The summed E-state index contributed by atoms with van der Waals surface area (Å²) < 4.78 is 19.2. The number of benzene rings is 3. The minimum Gasteiger partial charge on any atom is -0.493 e. The molecule has 3 aromatic carbocycles. The maximum Gasteiger partial charge on any atom is 0.349 e. The van der Waals surface area contributed by atoms with Gasteiger partial charge >= 0.3 is 5.63 Å². The van der Waals surface area contributed by atoms with Crippen LogP contribution in [0.2, 0.25) is 0 Å². The summed E-state index contributed by atoms with van der Waals surface area (Å²) >= 11 is 1.35. The first kappa shape index (κ1) is 21.9. The molecule has 2 heterocycles. The van der Waals surface area contributed by atoms with E-state index in [1.54, 1.807) is 26.4 Å². The fraction of sp³-hybridized carbons (Fsp3) is 0.192. The lowest BCUT2D eigenvalue weighted by Crippen LogP contribution is -2.19. The van der Waals surface area contributed by atoms with E-state index in [-0.39, 0.29) is 5.56 Å². The number of hydrogen-bond donors (Lipinski definition) is 0. The van der Waals surface area contributed by atoms with E-state index in [1.807, 2.05) is 54.0 Å². The maximum atomic E-state index is 13.2. The van der Waals surface area contributed by atoms with Gasteiger partial charge in [0.05, 0.1) is 24.4 Å². The van der Waals surface area contributed by atoms with Gasteiger partial charge in [0.1, 0.15) is 11.1 Å². The van der Waals surface area contributed by atoms with Gasteiger partial charge in [-0.25, -0.2) is 4.79 Å². The van der Waals surface area contributed by atoms with Crippen LogP contribution in [0.15, 0.2) is 68.8 Å². The van der Waals surface area contributed by atoms with Crippen molar-refractivity contribution in [3.05, 3.63) is 75.4 Å². The first-order chi connectivity index (χ1) is 16.5. The number of carbonyl (C=O) groups is 1. The monoisotopic (exact) mass is 474 g/mol. The average molecular weight is 475 g/mol. The summed E-state index contributed by atoms with van der Waals surface area (Å²) in [6, 6.07) is 16.7. The number of methoxy groups -OCH3 is 2. The second kappa shape index (κ2) is 8.79. The summed E-state index contributed by atoms with van der Waals surface area (Å²) in [5.74, 6) is 0.552. The standard InChI is InChI=1S/C26H22N2O5S/c1-4-11-28-19-13-21(31-2)22(32-3)14-23(19)34-26(28)27-24(29)18-12-17-16-8-6-5-7-15(16)9-10-20(17)33-25(18)30/h5-10,12-14H,4,11H2,1-3H3. The Hall–Kier alpha value is -3.91. The number of fused-ring (bicyclic) bond motifs is 4. The van der Waals surface area contributed by atoms with Gasteiger partial charge in [-0.3, -0.25) is 4.79 Å². The Morgan fingerprint density at radius 3 is 2.56 bits per heavy atom. The van der Waals surface area contributed by atoms with Crippen molar-refractivity contribution < 1.29 is 18.7 Å². The smallest absolute Gasteiger partial charge is 0.349 e. The van der Waals surface area contributed by atoms with Crippen LogP contribution < -0.4 is 19.9 Å². The summed E-state index contributed by atoms with van der Waals surface area (Å²) in [6.45, 7) is 2.70. The largest absolute Gasteiger partial charge is 0.493 e. The van der Waals surface area contributed by atoms with Crippen LogP contribution in [0.1, 0.15) is 23.7 Å². The predicted octanol–water partition coefficient (Wildman–Crippen LogP) is 5.13. The molecule has 7 nitrogen and oxygen atoms in total. The van der Waals surface area contributed by atoms with E-state index >= 15 is 0 Å². The van der Waals surface area contributed by atoms with Crippen molar-refractivity contribution in [3.63, 3.8) is 0 Å². The molecule has 1 amide bonds. The number of rotatable bonds is 5. The van der Waals surface area contributed by atoms with Gasteiger partial charge in [0, 0.05) is 24.1 Å². The van der Waals surface area contributed by atoms with Crippen molar-refractivity contribution >= 4 is 49.2 Å². The molecular weight excluding hydrogens is 452 g/mol. The number of ether oxygens (including phenoxy) is 2. The lowest BCUT2D eigenvalue weighted by atomic mass is 10.0. The SMILES string of the molecule is CCCn1c(=NC(=O)c2cc3c(ccc4ccccc43)oc2=O)sc2cc(OC)c(OC)cc21. The van der Waals surface area contributed by atoms with Crippen LogP contribution in [0.5, 0.6) is 11.5 Å². The van der Waals surface area contributed by atoms with Crippen molar-refractivity contribution in [1.29, 1.82) is 0 Å². The molecule has 5 rings (SSSR count). The van der Waals surface area contributed by atoms with Crippen molar-refractivity contribution in [2.24, 2.45) is 4.99 Å². The molecule has 0 fully saturated rings. The quantitative estimate of drug-likeness (QED) is 0.260. The lowest BCUT2D eigenvalue weighted by molar-refractivity contribution is 0.0994. The molecule has 0 unspecified atom stereocenters. The van der Waals surface area contributed by atoms with Crippen molar-refractivity contribution in [2.75, 3.05) is 14.2 Å². The fourth-order valence-corrected chi connectivity index (χ4v) is 5.15. The van der Waals surface area contributed by atoms with E-state index in [1.165, 1.54) is 11.3 Å². The highest BCUT2D eigenvalue weighted by molar-refractivity contribution is 7.16. The molecule has 0 bridgehead atoms. The van der Waals surface area contributed by atoms with E-state index in [0.29, 0.717) is 33.8 Å². The molecule has 0 N–H and O–H groups in total. The number of hydrogen-bond acceptors (Lipinski definition) is 6. The zero-order valence-electron chi connectivity index (χ0n) is 19.0. The van der Waals surface area contributed by atoms with Crippen molar-refractivity contribution in [2.45, 2.75) is 19.9 Å². The van der Waals surface area contributed by atoms with Crippen LogP contribution in [-0.4, -0.2) is 24.7 Å². The number of aryl methyl sites for hydroxylation is 1. The van der Waals surface area contributed by atoms with E-state index < -0.39 is 11.5 Å². The van der Waals surface area contributed by atoms with Crippen molar-refractivity contribution in [1.82, 2.24) is 4.57 Å². The Morgan fingerprint density at radius 2 is 1.79 bits per heavy atom. The number of carbonyl (C=O) groups excluding carboxylic acids is 1. The molecule has 172 valence electrons. The summed E-state index contributed by atoms with van der Waals surface area (Å²) in [7, 11) is 3.16. The summed E-state index contributed by atoms with van der Waals surface area (Å²) in [5.41, 5.74) is 0.512. The minimum absolute atomic E-state index is 0.0977. The summed E-state index contributed by atoms with van der Waals surface area (Å²) in [6.07, 6.45) is 0.839. The molecule has 8 heteroatoms. The normalized spacial score (nSPS) is 12.0. The second-order valence-electron chi connectivity index (χ2n) is 7.77. The Bertz CT molecular complexity index is 1690. The molecule has 0 radical (unpaired) electrons. The molecular formula is C26H22N2O5S. The van der Waals surface area contributed by atoms with Gasteiger partial charge in [-0.1, -0.05) is 48.6 Å². The van der Waals surface area contributed by atoms with Gasteiger partial charge < -0.3 is 18.5 Å².